The Labute approximate surface area is 272 Å². The monoisotopic (exact) mass is 595 g/mol. The van der Waals surface area contributed by atoms with Crippen molar-refractivity contribution in [2.24, 2.45) is 39.9 Å². The molecule has 4 fully saturated rings. The van der Waals surface area contributed by atoms with Gasteiger partial charge in [0.25, 0.3) is 0 Å². The molecule has 0 aromatic carbocycles. The maximum atomic E-state index is 3.48. The molecule has 0 nitrogen and oxygen atoms in total. The van der Waals surface area contributed by atoms with Crippen molar-refractivity contribution in [3.05, 3.63) is 36.0 Å². The largest absolute Gasteiger partial charge is 0.103 e. The zero-order chi connectivity index (χ0) is 31.9. The normalized spacial score (nSPS) is 34.0. The van der Waals surface area contributed by atoms with Gasteiger partial charge >= 0.3 is 0 Å². The molecule has 4 rings (SSSR count). The summed E-state index contributed by atoms with van der Waals surface area (Å²) in [5.41, 5.74) is 5.11. The minimum atomic E-state index is 0.500. The number of hydrogen-bond donors (Lipinski definition) is 0. The molecule has 0 spiro atoms. The van der Waals surface area contributed by atoms with Crippen molar-refractivity contribution < 1.29 is 0 Å². The fraction of sp³-hybridized carbons (Fsp3) is 0.860. The highest BCUT2D eigenvalue weighted by molar-refractivity contribution is 5.14. The Bertz CT molecular complexity index is 835. The molecule has 0 heterocycles. The summed E-state index contributed by atoms with van der Waals surface area (Å²) >= 11 is 0. The Morgan fingerprint density at radius 3 is 2.07 bits per heavy atom. The first kappa shape index (κ1) is 38.4. The van der Waals surface area contributed by atoms with E-state index in [9.17, 15) is 0 Å². The molecule has 0 aromatic heterocycles. The first-order valence-corrected chi connectivity index (χ1v) is 19.5. The van der Waals surface area contributed by atoms with Crippen LogP contribution in [0.2, 0.25) is 0 Å². The van der Waals surface area contributed by atoms with Crippen LogP contribution in [0.1, 0.15) is 197 Å². The fourth-order valence-electron chi connectivity index (χ4n) is 9.29. The SMILES string of the molecule is C1CC1.C=CCC.CC=C(CCCC/C=C(/C)CC)C1CCC[C@@H]([C@@H]2CC[C@]3(CC)CCC(C)(C)CCC3C2)[C@]1(C)CC. The molecule has 0 aromatic rings. The highest BCUT2D eigenvalue weighted by atomic mass is 14.6. The number of fused-ring (bicyclic) bond motifs is 1. The molecular formula is C43H78. The molecule has 2 unspecified atom stereocenters. The Hall–Kier alpha value is -0.780. The first-order chi connectivity index (χ1) is 20.6. The molecule has 250 valence electrons. The van der Waals surface area contributed by atoms with Crippen molar-refractivity contribution in [1.29, 1.82) is 0 Å². The molecule has 6 atom stereocenters. The van der Waals surface area contributed by atoms with Gasteiger partial charge in [0.1, 0.15) is 0 Å². The van der Waals surface area contributed by atoms with Crippen molar-refractivity contribution in [3.63, 3.8) is 0 Å². The van der Waals surface area contributed by atoms with Crippen LogP contribution < -0.4 is 0 Å². The van der Waals surface area contributed by atoms with Gasteiger partial charge in [-0.25, -0.2) is 0 Å². The molecule has 0 heteroatoms. The van der Waals surface area contributed by atoms with Crippen LogP contribution in [0.5, 0.6) is 0 Å². The zero-order valence-corrected chi connectivity index (χ0v) is 31.1. The van der Waals surface area contributed by atoms with E-state index in [1.807, 2.05) is 11.6 Å². The van der Waals surface area contributed by atoms with Crippen LogP contribution in [-0.4, -0.2) is 0 Å². The number of hydrogen-bond acceptors (Lipinski definition) is 0. The molecule has 0 aliphatic heterocycles. The minimum Gasteiger partial charge on any atom is -0.103 e. The fourth-order valence-corrected chi connectivity index (χ4v) is 9.29. The van der Waals surface area contributed by atoms with Gasteiger partial charge in [0.2, 0.25) is 0 Å². The molecule has 43 heavy (non-hydrogen) atoms. The summed E-state index contributed by atoms with van der Waals surface area (Å²) < 4.78 is 0. The molecule has 4 aliphatic carbocycles. The van der Waals surface area contributed by atoms with Gasteiger partial charge in [-0.05, 0) is 156 Å². The number of unbranched alkanes of at least 4 members (excludes halogenated alkanes) is 2. The number of allylic oxidation sites excluding steroid dienone is 5. The van der Waals surface area contributed by atoms with E-state index >= 15 is 0 Å². The summed E-state index contributed by atoms with van der Waals surface area (Å²) in [6.07, 6.45) is 36.7. The lowest BCUT2D eigenvalue weighted by Gasteiger charge is -2.55. The first-order valence-electron chi connectivity index (χ1n) is 19.5. The molecule has 0 saturated heterocycles. The van der Waals surface area contributed by atoms with Gasteiger partial charge in [-0.1, -0.05) is 110 Å². The number of rotatable bonds is 11. The van der Waals surface area contributed by atoms with E-state index < -0.39 is 0 Å². The Balaban J connectivity index is 0.000000818. The second kappa shape index (κ2) is 19.0. The second-order valence-corrected chi connectivity index (χ2v) is 16.4. The summed E-state index contributed by atoms with van der Waals surface area (Å²) in [6.45, 7) is 25.3. The van der Waals surface area contributed by atoms with Crippen LogP contribution >= 0.6 is 0 Å². The predicted octanol–water partition coefficient (Wildman–Crippen LogP) is 14.8. The maximum absolute atomic E-state index is 3.48. The standard InChI is InChI=1S/C36H64.C4H8.C3H6/c1-9-28(5)17-14-13-15-18-29(10-2)32-19-16-20-33(35(32,8)11-3)30-21-24-36(12-4)26-25-34(6,7)23-22-31(36)27-30;1-3-4-2;1-2-3-1/h10,17,30-33H,9,11-16,18-27H2,1-8H3;3H,1,4H2,2H3;1-3H2/b28-17-,29-10?;;/t30-,31?,32?,33+,35-,36-;;/m1../s1. The van der Waals surface area contributed by atoms with Crippen molar-refractivity contribution in [3.8, 4) is 0 Å². The van der Waals surface area contributed by atoms with Gasteiger partial charge in [0, 0.05) is 0 Å². The third-order valence-corrected chi connectivity index (χ3v) is 13.1. The molecule has 4 aliphatic rings. The van der Waals surface area contributed by atoms with E-state index in [0.29, 0.717) is 16.2 Å². The summed E-state index contributed by atoms with van der Waals surface area (Å²) in [5.74, 6) is 3.73. The van der Waals surface area contributed by atoms with Gasteiger partial charge in [-0.2, -0.15) is 0 Å². The third kappa shape index (κ3) is 11.5. The molecule has 0 amide bonds. The van der Waals surface area contributed by atoms with E-state index in [1.165, 1.54) is 122 Å². The molecule has 0 radical (unpaired) electrons. The van der Waals surface area contributed by atoms with Crippen molar-refractivity contribution in [2.45, 2.75) is 197 Å². The average molecular weight is 595 g/mol. The van der Waals surface area contributed by atoms with Crippen LogP contribution in [0.15, 0.2) is 36.0 Å². The van der Waals surface area contributed by atoms with Crippen LogP contribution in [0, 0.1) is 39.9 Å². The Kier molecular flexibility index (Phi) is 17.0. The van der Waals surface area contributed by atoms with Gasteiger partial charge in [0.15, 0.2) is 0 Å². The van der Waals surface area contributed by atoms with E-state index in [0.717, 1.165) is 30.1 Å². The van der Waals surface area contributed by atoms with Gasteiger partial charge < -0.3 is 0 Å². The van der Waals surface area contributed by atoms with Crippen LogP contribution in [-0.2, 0) is 0 Å². The maximum Gasteiger partial charge on any atom is -0.0147 e. The van der Waals surface area contributed by atoms with Crippen molar-refractivity contribution in [1.82, 2.24) is 0 Å². The lowest BCUT2D eigenvalue weighted by molar-refractivity contribution is -0.0393. The van der Waals surface area contributed by atoms with Crippen molar-refractivity contribution in [2.75, 3.05) is 0 Å². The second-order valence-electron chi connectivity index (χ2n) is 16.4. The summed E-state index contributed by atoms with van der Waals surface area (Å²) in [5, 5.41) is 0. The van der Waals surface area contributed by atoms with Crippen LogP contribution in [0.4, 0.5) is 0 Å². The van der Waals surface area contributed by atoms with Gasteiger partial charge in [0.05, 0.1) is 0 Å². The summed E-state index contributed by atoms with van der Waals surface area (Å²) in [7, 11) is 0. The van der Waals surface area contributed by atoms with E-state index in [2.05, 4.69) is 81.0 Å². The minimum absolute atomic E-state index is 0.500. The van der Waals surface area contributed by atoms with E-state index in [4.69, 9.17) is 0 Å². The quantitative estimate of drug-likeness (QED) is 0.165. The third-order valence-electron chi connectivity index (χ3n) is 13.1. The lowest BCUT2D eigenvalue weighted by Crippen LogP contribution is -2.46. The Morgan fingerprint density at radius 1 is 0.814 bits per heavy atom. The predicted molar refractivity (Wildman–Crippen MR) is 196 cm³/mol. The van der Waals surface area contributed by atoms with Crippen LogP contribution in [0.25, 0.3) is 0 Å². The van der Waals surface area contributed by atoms with Crippen LogP contribution in [0.3, 0.4) is 0 Å². The molecule has 0 N–H and O–H groups in total. The molecule has 4 saturated carbocycles. The topological polar surface area (TPSA) is 0 Å². The summed E-state index contributed by atoms with van der Waals surface area (Å²) in [6, 6.07) is 0. The lowest BCUT2D eigenvalue weighted by atomic mass is 9.50. The van der Waals surface area contributed by atoms with E-state index in [1.54, 1.807) is 12.0 Å². The van der Waals surface area contributed by atoms with Crippen molar-refractivity contribution >= 4 is 0 Å². The average Bonchev–Trinajstić information content (AvgIpc) is 3.92. The Morgan fingerprint density at radius 2 is 1.51 bits per heavy atom. The highest BCUT2D eigenvalue weighted by Crippen LogP contribution is 2.61. The van der Waals surface area contributed by atoms with Gasteiger partial charge in [-0.3, -0.25) is 0 Å². The zero-order valence-electron chi connectivity index (χ0n) is 31.1. The molecular weight excluding hydrogens is 516 g/mol. The summed E-state index contributed by atoms with van der Waals surface area (Å²) in [4.78, 5) is 0. The van der Waals surface area contributed by atoms with E-state index in [-0.39, 0.29) is 0 Å². The highest BCUT2D eigenvalue weighted by Gasteiger charge is 2.51. The smallest absolute Gasteiger partial charge is 0.0147 e. The van der Waals surface area contributed by atoms with Gasteiger partial charge in [-0.15, -0.1) is 6.58 Å². The molecule has 0 bridgehead atoms.